The Morgan fingerprint density at radius 3 is 2.80 bits per heavy atom. The molecule has 0 bridgehead atoms. The monoisotopic (exact) mass is 562 g/mol. The summed E-state index contributed by atoms with van der Waals surface area (Å²) in [6, 6.07) is 8.22. The van der Waals surface area contributed by atoms with E-state index >= 15 is 4.39 Å². The Hall–Kier alpha value is -3.24. The van der Waals surface area contributed by atoms with Crippen molar-refractivity contribution in [2.45, 2.75) is 43.7 Å². The van der Waals surface area contributed by atoms with Crippen LogP contribution >= 0.6 is 11.6 Å². The van der Waals surface area contributed by atoms with Crippen molar-refractivity contribution in [2.75, 3.05) is 0 Å². The van der Waals surface area contributed by atoms with Crippen molar-refractivity contribution in [3.63, 3.8) is 0 Å². The van der Waals surface area contributed by atoms with E-state index in [1.165, 1.54) is 6.07 Å². The van der Waals surface area contributed by atoms with Gasteiger partial charge in [0.05, 0.1) is 28.5 Å². The van der Waals surface area contributed by atoms with Crippen LogP contribution in [0, 0.1) is 12.0 Å². The van der Waals surface area contributed by atoms with Crippen molar-refractivity contribution in [1.82, 2.24) is 29.2 Å². The molecule has 8 nitrogen and oxygen atoms in total. The Morgan fingerprint density at radius 1 is 1.12 bits per heavy atom. The number of fused-ring (bicyclic) bond motifs is 6. The van der Waals surface area contributed by atoms with Gasteiger partial charge in [-0.05, 0) is 55.5 Å². The molecule has 8 rings (SSSR count). The molecule has 1 atom stereocenters. The fourth-order valence-electron chi connectivity index (χ4n) is 6.24. The van der Waals surface area contributed by atoms with Crippen molar-refractivity contribution in [3.8, 4) is 22.4 Å². The summed E-state index contributed by atoms with van der Waals surface area (Å²) >= 11 is 6.19. The summed E-state index contributed by atoms with van der Waals surface area (Å²) < 4.78 is 19.0. The van der Waals surface area contributed by atoms with Crippen LogP contribution < -0.4 is 40.4 Å². The Balaban J connectivity index is 0.00000264. The number of hydrogen-bond donors (Lipinski definition) is 2. The Labute approximate surface area is 254 Å². The zero-order valence-electron chi connectivity index (χ0n) is 21.6. The minimum Gasteiger partial charge on any atom is -0.468 e. The Morgan fingerprint density at radius 2 is 1.98 bits per heavy atom. The molecule has 5 aromatic rings. The minimum atomic E-state index is -0.595. The summed E-state index contributed by atoms with van der Waals surface area (Å²) in [5.74, 6) is -0.246. The second kappa shape index (κ2) is 9.14. The standard InChI is InChI=1S/C29H21ClFN6O2.Na/c30-18-2-1-16-13-29(6-7-29)35-28(39)25-17(24(16)26(18)31)12-23(38)37-20(25)3-4-21(37)27-33-14-19(34-27)15-5-9-36-10-8-32-22(36)11-15;/h1-2,5,8-9,11-12,14,21H,3-4,6-7,13H2,(H,33,34)(H,35,39);/q-1;+1/t21-;/m1./s1. The zero-order chi connectivity index (χ0) is 26.5. The molecular formula is C29H21ClFN6NaO2. The van der Waals surface area contributed by atoms with Crippen LogP contribution in [-0.4, -0.2) is 35.4 Å². The first-order valence-corrected chi connectivity index (χ1v) is 13.3. The van der Waals surface area contributed by atoms with Crippen LogP contribution in [0.4, 0.5) is 4.39 Å². The van der Waals surface area contributed by atoms with Gasteiger partial charge in [0.25, 0.3) is 11.5 Å². The fraction of sp³-hybridized carbons (Fsp3) is 0.241. The van der Waals surface area contributed by atoms with Gasteiger partial charge in [-0.1, -0.05) is 42.2 Å². The number of rotatable bonds is 2. The number of carbonyl (C=O) groups is 1. The number of aromatic nitrogens is 5. The molecule has 0 unspecified atom stereocenters. The molecule has 1 spiro atoms. The summed E-state index contributed by atoms with van der Waals surface area (Å²) in [7, 11) is 0. The average molecular weight is 563 g/mol. The van der Waals surface area contributed by atoms with Crippen LogP contribution in [0.1, 0.15) is 52.7 Å². The molecule has 3 aliphatic rings. The third kappa shape index (κ3) is 3.83. The number of carbonyl (C=O) groups excluding carboxylic acids is 1. The van der Waals surface area contributed by atoms with Crippen LogP contribution in [0.25, 0.3) is 28.0 Å². The molecule has 1 amide bonds. The first-order chi connectivity index (χ1) is 18.9. The number of aromatic amines is 1. The Bertz CT molecular complexity index is 1920. The van der Waals surface area contributed by atoms with Crippen molar-refractivity contribution in [3.05, 3.63) is 99.0 Å². The smallest absolute Gasteiger partial charge is 0.468 e. The molecule has 11 heteroatoms. The molecule has 194 valence electrons. The zero-order valence-corrected chi connectivity index (χ0v) is 24.3. The second-order valence-corrected chi connectivity index (χ2v) is 11.1. The molecule has 0 radical (unpaired) electrons. The number of imidazole rings is 2. The maximum Gasteiger partial charge on any atom is 1.00 e. The van der Waals surface area contributed by atoms with Crippen molar-refractivity contribution < 1.29 is 38.7 Å². The van der Waals surface area contributed by atoms with E-state index < -0.39 is 5.82 Å². The van der Waals surface area contributed by atoms with Crippen LogP contribution in [0.2, 0.25) is 5.02 Å². The molecule has 1 saturated carbocycles. The van der Waals surface area contributed by atoms with E-state index in [1.54, 1.807) is 33.5 Å². The molecule has 2 N–H and O–H groups in total. The molecule has 4 aromatic heterocycles. The van der Waals surface area contributed by atoms with Crippen molar-refractivity contribution >= 4 is 23.2 Å². The second-order valence-electron chi connectivity index (χ2n) is 10.7. The topological polar surface area (TPSA) is 97.1 Å². The number of nitrogens with zero attached hydrogens (tertiary/aromatic N) is 4. The van der Waals surface area contributed by atoms with Gasteiger partial charge in [0, 0.05) is 34.1 Å². The SMILES string of the molecule is O=C1NC2(CC2)Cc2ccc(Cl)c(F)c2-c2cc(=O)n3c(c21)CC[C@@H]3c1ncc(-c2ccn3[c-]cnc3c2)[nH]1.[Na+]. The first-order valence-electron chi connectivity index (χ1n) is 12.9. The fourth-order valence-corrected chi connectivity index (χ4v) is 6.40. The summed E-state index contributed by atoms with van der Waals surface area (Å²) in [5, 5.41) is 3.17. The molecule has 1 aromatic carbocycles. The van der Waals surface area contributed by atoms with E-state index in [9.17, 15) is 9.59 Å². The predicted molar refractivity (Wildman–Crippen MR) is 142 cm³/mol. The van der Waals surface area contributed by atoms with E-state index in [4.69, 9.17) is 11.6 Å². The third-order valence-corrected chi connectivity index (χ3v) is 8.60. The minimum absolute atomic E-state index is 0. The third-order valence-electron chi connectivity index (χ3n) is 8.31. The summed E-state index contributed by atoms with van der Waals surface area (Å²) in [6.45, 7) is 0. The maximum absolute atomic E-state index is 15.5. The normalized spacial score (nSPS) is 18.4. The van der Waals surface area contributed by atoms with Crippen LogP contribution in [0.3, 0.4) is 0 Å². The average Bonchev–Trinajstić information content (AvgIpc) is 3.31. The molecule has 0 saturated heterocycles. The van der Waals surface area contributed by atoms with Crippen LogP contribution in [0.15, 0.2) is 53.7 Å². The number of benzene rings is 1. The van der Waals surface area contributed by atoms with E-state index in [-0.39, 0.29) is 63.2 Å². The van der Waals surface area contributed by atoms with Gasteiger partial charge in [0.2, 0.25) is 0 Å². The quantitative estimate of drug-likeness (QED) is 0.252. The number of halogens is 2. The Kier molecular flexibility index (Phi) is 5.87. The van der Waals surface area contributed by atoms with Gasteiger partial charge in [-0.3, -0.25) is 9.59 Å². The van der Waals surface area contributed by atoms with Crippen molar-refractivity contribution in [1.29, 1.82) is 0 Å². The van der Waals surface area contributed by atoms with Gasteiger partial charge in [0.1, 0.15) is 11.6 Å². The van der Waals surface area contributed by atoms with E-state index in [0.29, 0.717) is 41.9 Å². The molecule has 6 heterocycles. The number of H-pyrrole nitrogens is 1. The van der Waals surface area contributed by atoms with E-state index in [1.807, 2.05) is 18.3 Å². The van der Waals surface area contributed by atoms with Gasteiger partial charge in [-0.25, -0.2) is 9.37 Å². The number of pyridine rings is 2. The largest absolute Gasteiger partial charge is 1.00 e. The van der Waals surface area contributed by atoms with Gasteiger partial charge < -0.3 is 24.3 Å². The maximum atomic E-state index is 15.5. The van der Waals surface area contributed by atoms with Gasteiger partial charge >= 0.3 is 29.6 Å². The van der Waals surface area contributed by atoms with E-state index in [2.05, 4.69) is 26.5 Å². The molecule has 1 fully saturated rings. The molecule has 40 heavy (non-hydrogen) atoms. The van der Waals surface area contributed by atoms with Crippen LogP contribution in [-0.2, 0) is 12.8 Å². The number of amides is 1. The summed E-state index contributed by atoms with van der Waals surface area (Å²) in [6.07, 6.45) is 11.4. The van der Waals surface area contributed by atoms with Gasteiger partial charge in [0.15, 0.2) is 0 Å². The summed E-state index contributed by atoms with van der Waals surface area (Å²) in [4.78, 5) is 39.6. The number of nitrogens with one attached hydrogen (secondary N) is 2. The first kappa shape index (κ1) is 25.7. The summed E-state index contributed by atoms with van der Waals surface area (Å²) in [5.41, 5.74) is 4.01. The van der Waals surface area contributed by atoms with Gasteiger partial charge in [-0.2, -0.15) is 0 Å². The molecular weight excluding hydrogens is 542 g/mol. The van der Waals surface area contributed by atoms with E-state index in [0.717, 1.165) is 35.3 Å². The number of hydrogen-bond acceptors (Lipinski definition) is 4. The molecule has 1 aliphatic carbocycles. The van der Waals surface area contributed by atoms with Crippen molar-refractivity contribution in [2.24, 2.45) is 0 Å². The predicted octanol–water partition coefficient (Wildman–Crippen LogP) is 1.50. The van der Waals surface area contributed by atoms with Gasteiger partial charge in [-0.15, -0.1) is 0 Å². The molecule has 2 aliphatic heterocycles. The van der Waals surface area contributed by atoms with Crippen LogP contribution in [0.5, 0.6) is 0 Å².